The van der Waals surface area contributed by atoms with E-state index >= 15 is 0 Å². The number of aryl methyl sites for hydroxylation is 1. The average Bonchev–Trinajstić information content (AvgIpc) is 3.30. The number of ether oxygens (including phenoxy) is 1. The summed E-state index contributed by atoms with van der Waals surface area (Å²) in [5.74, 6) is -0.00678. The number of nitrogens with zero attached hydrogens (tertiary/aromatic N) is 3. The number of aromatic nitrogens is 2. The van der Waals surface area contributed by atoms with Crippen molar-refractivity contribution in [1.29, 1.82) is 0 Å². The van der Waals surface area contributed by atoms with E-state index in [1.54, 1.807) is 0 Å². The van der Waals surface area contributed by atoms with Gasteiger partial charge in [-0.25, -0.2) is 4.98 Å². The molecule has 3 N–H and O–H groups in total. The number of alkyl halides is 3. The Hall–Kier alpha value is -1.81. The molecule has 152 valence electrons. The largest absolute Gasteiger partial charge is 0.424 e. The Morgan fingerprint density at radius 2 is 2.22 bits per heavy atom. The zero-order valence-corrected chi connectivity index (χ0v) is 15.5. The van der Waals surface area contributed by atoms with Gasteiger partial charge in [0.05, 0.1) is 18.2 Å². The van der Waals surface area contributed by atoms with Gasteiger partial charge in [-0.1, -0.05) is 0 Å². The molecular formula is C17H26F3N5O2. The smallest absolute Gasteiger partial charge is 0.374 e. The van der Waals surface area contributed by atoms with Crippen LogP contribution in [0.1, 0.15) is 38.4 Å². The van der Waals surface area contributed by atoms with E-state index < -0.39 is 24.0 Å². The first-order valence-corrected chi connectivity index (χ1v) is 9.22. The predicted octanol–water partition coefficient (Wildman–Crippen LogP) is 1.44. The van der Waals surface area contributed by atoms with E-state index in [0.29, 0.717) is 12.5 Å². The molecule has 0 saturated carbocycles. The second kappa shape index (κ2) is 7.67. The van der Waals surface area contributed by atoms with E-state index in [-0.39, 0.29) is 24.8 Å². The van der Waals surface area contributed by atoms with Gasteiger partial charge in [0.15, 0.2) is 5.96 Å². The molecule has 2 bridgehead atoms. The summed E-state index contributed by atoms with van der Waals surface area (Å²) >= 11 is 0. The molecular weight excluding hydrogens is 363 g/mol. The molecule has 0 aliphatic carbocycles. The minimum absolute atomic E-state index is 0.109. The van der Waals surface area contributed by atoms with Gasteiger partial charge in [0.1, 0.15) is 5.82 Å². The summed E-state index contributed by atoms with van der Waals surface area (Å²) in [6.45, 7) is 2.25. The van der Waals surface area contributed by atoms with E-state index in [9.17, 15) is 18.3 Å². The Bertz CT molecular complexity index is 678. The summed E-state index contributed by atoms with van der Waals surface area (Å²) in [5, 5.41) is 16.7. The van der Waals surface area contributed by atoms with Crippen LogP contribution in [0.4, 0.5) is 13.2 Å². The first-order chi connectivity index (χ1) is 12.7. The van der Waals surface area contributed by atoms with Gasteiger partial charge >= 0.3 is 6.18 Å². The van der Waals surface area contributed by atoms with Gasteiger partial charge in [0.2, 0.25) is 5.60 Å². The topological polar surface area (TPSA) is 83.7 Å². The molecule has 2 aliphatic heterocycles. The highest BCUT2D eigenvalue weighted by molar-refractivity contribution is 5.80. The van der Waals surface area contributed by atoms with Crippen LogP contribution >= 0.6 is 0 Å². The lowest BCUT2D eigenvalue weighted by atomic mass is 9.96. The number of imidazole rings is 1. The number of fused-ring (bicyclic) bond motifs is 2. The lowest BCUT2D eigenvalue weighted by Crippen LogP contribution is -2.48. The van der Waals surface area contributed by atoms with Crippen LogP contribution in [0.2, 0.25) is 0 Å². The van der Waals surface area contributed by atoms with Crippen LogP contribution in [0.5, 0.6) is 0 Å². The van der Waals surface area contributed by atoms with Crippen molar-refractivity contribution < 1.29 is 23.0 Å². The monoisotopic (exact) mass is 389 g/mol. The van der Waals surface area contributed by atoms with Gasteiger partial charge in [-0.05, 0) is 26.2 Å². The first kappa shape index (κ1) is 19.9. The second-order valence-electron chi connectivity index (χ2n) is 7.09. The predicted molar refractivity (Wildman–Crippen MR) is 93.2 cm³/mol. The highest BCUT2D eigenvalue weighted by atomic mass is 19.4. The number of hydrogen-bond acceptors (Lipinski definition) is 4. The zero-order chi connectivity index (χ0) is 19.7. The molecule has 2 aliphatic rings. The summed E-state index contributed by atoms with van der Waals surface area (Å²) in [6, 6.07) is 0.109. The first-order valence-electron chi connectivity index (χ1n) is 9.22. The lowest BCUT2D eigenvalue weighted by Gasteiger charge is -2.29. The number of hydrogen-bond donors (Lipinski definition) is 3. The minimum Gasteiger partial charge on any atom is -0.374 e. The van der Waals surface area contributed by atoms with Crippen LogP contribution in [-0.4, -0.2) is 58.1 Å². The third-order valence-corrected chi connectivity index (χ3v) is 5.18. The van der Waals surface area contributed by atoms with Crippen molar-refractivity contribution in [3.8, 4) is 0 Å². The molecule has 2 saturated heterocycles. The Kier molecular flexibility index (Phi) is 5.66. The summed E-state index contributed by atoms with van der Waals surface area (Å²) < 4.78 is 47.6. The van der Waals surface area contributed by atoms with Crippen molar-refractivity contribution >= 4 is 5.96 Å². The second-order valence-corrected chi connectivity index (χ2v) is 7.09. The SMILES string of the molecule is CCNC(=NCCC(O)(c1nccn1C)C(F)(F)F)NC1CC2CCC1O2. The number of guanidine groups is 1. The fraction of sp³-hybridized carbons (Fsp3) is 0.765. The summed E-state index contributed by atoms with van der Waals surface area (Å²) in [5.41, 5.74) is -3.05. The van der Waals surface area contributed by atoms with Crippen molar-refractivity contribution in [3.63, 3.8) is 0 Å². The highest BCUT2D eigenvalue weighted by Gasteiger charge is 2.57. The normalized spacial score (nSPS) is 27.6. The maximum absolute atomic E-state index is 13.5. The number of aliphatic hydroxyl groups is 1. The van der Waals surface area contributed by atoms with Gasteiger partial charge in [0, 0.05) is 39.0 Å². The van der Waals surface area contributed by atoms with Gasteiger partial charge in [-0.3, -0.25) is 4.99 Å². The Labute approximate surface area is 156 Å². The van der Waals surface area contributed by atoms with Gasteiger partial charge < -0.3 is 25.0 Å². The lowest BCUT2D eigenvalue weighted by molar-refractivity contribution is -0.272. The van der Waals surface area contributed by atoms with Crippen LogP contribution in [0.3, 0.4) is 0 Å². The molecule has 1 aromatic rings. The number of halogens is 3. The van der Waals surface area contributed by atoms with Gasteiger partial charge in [-0.15, -0.1) is 0 Å². The van der Waals surface area contributed by atoms with Crippen LogP contribution < -0.4 is 10.6 Å². The highest BCUT2D eigenvalue weighted by Crippen LogP contribution is 2.40. The molecule has 10 heteroatoms. The zero-order valence-electron chi connectivity index (χ0n) is 15.5. The fourth-order valence-electron chi connectivity index (χ4n) is 3.76. The molecule has 0 amide bonds. The molecule has 2 fully saturated rings. The van der Waals surface area contributed by atoms with E-state index in [1.807, 2.05) is 6.92 Å². The quantitative estimate of drug-likeness (QED) is 0.507. The Morgan fingerprint density at radius 3 is 2.74 bits per heavy atom. The number of rotatable bonds is 6. The molecule has 3 heterocycles. The number of aliphatic imine (C=N–C) groups is 1. The molecule has 27 heavy (non-hydrogen) atoms. The standard InChI is InChI=1S/C17H26F3N5O2/c1-3-21-15(24-12-10-11-4-5-13(12)27-11)23-7-6-16(26,17(18,19)20)14-22-8-9-25(14)2/h8-9,11-13,26H,3-7,10H2,1-2H3,(H2,21,23,24). The summed E-state index contributed by atoms with van der Waals surface area (Å²) in [6.07, 6.45) is 0.415. The van der Waals surface area contributed by atoms with Gasteiger partial charge in [0.25, 0.3) is 0 Å². The third-order valence-electron chi connectivity index (χ3n) is 5.18. The molecule has 0 aromatic carbocycles. The molecule has 0 spiro atoms. The van der Waals surface area contributed by atoms with Crippen molar-refractivity contribution in [2.45, 2.75) is 62.6 Å². The maximum atomic E-state index is 13.5. The Morgan fingerprint density at radius 1 is 1.44 bits per heavy atom. The van der Waals surface area contributed by atoms with Crippen LogP contribution in [-0.2, 0) is 17.4 Å². The van der Waals surface area contributed by atoms with Crippen molar-refractivity contribution in [3.05, 3.63) is 18.2 Å². The fourth-order valence-corrected chi connectivity index (χ4v) is 3.76. The van der Waals surface area contributed by atoms with Crippen LogP contribution in [0, 0.1) is 0 Å². The Balaban J connectivity index is 1.68. The van der Waals surface area contributed by atoms with E-state index in [0.717, 1.165) is 19.3 Å². The molecule has 4 atom stereocenters. The average molecular weight is 389 g/mol. The van der Waals surface area contributed by atoms with Gasteiger partial charge in [-0.2, -0.15) is 13.2 Å². The summed E-state index contributed by atoms with van der Waals surface area (Å²) in [7, 11) is 1.42. The minimum atomic E-state index is -4.86. The molecule has 3 rings (SSSR count). The maximum Gasteiger partial charge on any atom is 0.424 e. The molecule has 1 aromatic heterocycles. The molecule has 4 unspecified atom stereocenters. The van der Waals surface area contributed by atoms with E-state index in [4.69, 9.17) is 4.74 Å². The van der Waals surface area contributed by atoms with E-state index in [1.165, 1.54) is 24.0 Å². The molecule has 0 radical (unpaired) electrons. The van der Waals surface area contributed by atoms with Crippen molar-refractivity contribution in [2.75, 3.05) is 13.1 Å². The van der Waals surface area contributed by atoms with E-state index in [2.05, 4.69) is 20.6 Å². The van der Waals surface area contributed by atoms with Crippen molar-refractivity contribution in [2.24, 2.45) is 12.0 Å². The number of nitrogens with one attached hydrogen (secondary N) is 2. The van der Waals surface area contributed by atoms with Crippen LogP contribution in [0.15, 0.2) is 17.4 Å². The third kappa shape index (κ3) is 4.06. The molecule has 7 nitrogen and oxygen atoms in total. The van der Waals surface area contributed by atoms with Crippen LogP contribution in [0.25, 0.3) is 0 Å². The van der Waals surface area contributed by atoms with Crippen molar-refractivity contribution in [1.82, 2.24) is 20.2 Å². The summed E-state index contributed by atoms with van der Waals surface area (Å²) in [4.78, 5) is 7.93.